The van der Waals surface area contributed by atoms with E-state index >= 15 is 0 Å². The minimum absolute atomic E-state index is 0.372. The van der Waals surface area contributed by atoms with E-state index < -0.39 is 0 Å². The molecule has 0 saturated carbocycles. The lowest BCUT2D eigenvalue weighted by molar-refractivity contribution is 0.312. The number of fused-ring (bicyclic) bond motifs is 1. The van der Waals surface area contributed by atoms with Gasteiger partial charge in [0, 0.05) is 5.56 Å². The Morgan fingerprint density at radius 3 is 2.81 bits per heavy atom. The van der Waals surface area contributed by atoms with Crippen LogP contribution in [0, 0.1) is 6.92 Å². The van der Waals surface area contributed by atoms with Crippen LogP contribution in [0.25, 0.3) is 0 Å². The van der Waals surface area contributed by atoms with Crippen molar-refractivity contribution in [3.05, 3.63) is 28.8 Å². The smallest absolute Gasteiger partial charge is 0.127 e. The summed E-state index contributed by atoms with van der Waals surface area (Å²) in [5.41, 5.74) is 4.06. The van der Waals surface area contributed by atoms with Crippen molar-refractivity contribution < 1.29 is 4.74 Å². The molecule has 1 atom stereocenters. The van der Waals surface area contributed by atoms with E-state index in [1.807, 2.05) is 0 Å². The number of nitrogens with one attached hydrogen (secondary N) is 1. The molecule has 2 heteroatoms. The van der Waals surface area contributed by atoms with Gasteiger partial charge in [0.2, 0.25) is 0 Å². The van der Waals surface area contributed by atoms with E-state index in [-0.39, 0.29) is 0 Å². The van der Waals surface area contributed by atoms with Gasteiger partial charge in [0.05, 0.1) is 6.04 Å². The van der Waals surface area contributed by atoms with Gasteiger partial charge in [-0.2, -0.15) is 0 Å². The predicted molar refractivity (Wildman–Crippen MR) is 67.2 cm³/mol. The summed E-state index contributed by atoms with van der Waals surface area (Å²) in [7, 11) is 0. The Kier molecular flexibility index (Phi) is 3.20. The molecule has 0 fully saturated rings. The maximum atomic E-state index is 5.82. The third-order valence-corrected chi connectivity index (χ3v) is 3.24. The molecule has 0 aromatic heterocycles. The Hall–Kier alpha value is -1.02. The molecule has 0 spiro atoms. The van der Waals surface area contributed by atoms with E-state index in [9.17, 15) is 0 Å². The maximum absolute atomic E-state index is 5.82. The fourth-order valence-electron chi connectivity index (χ4n) is 2.44. The largest absolute Gasteiger partial charge is 0.491 e. The van der Waals surface area contributed by atoms with Crippen LogP contribution in [0.5, 0.6) is 5.75 Å². The second-order valence-electron chi connectivity index (χ2n) is 4.79. The number of ether oxygens (including phenoxy) is 1. The molecule has 1 aromatic carbocycles. The van der Waals surface area contributed by atoms with Gasteiger partial charge in [-0.25, -0.2) is 0 Å². The second-order valence-corrected chi connectivity index (χ2v) is 4.79. The molecule has 0 bridgehead atoms. The zero-order valence-corrected chi connectivity index (χ0v) is 10.6. The highest BCUT2D eigenvalue weighted by atomic mass is 16.5. The fourth-order valence-corrected chi connectivity index (χ4v) is 2.44. The predicted octanol–water partition coefficient (Wildman–Crippen LogP) is 3.16. The van der Waals surface area contributed by atoms with Crippen LogP contribution >= 0.6 is 0 Å². The molecule has 0 radical (unpaired) electrons. The normalized spacial score (nSPS) is 18.7. The summed E-state index contributed by atoms with van der Waals surface area (Å²) >= 11 is 0. The first-order valence-corrected chi connectivity index (χ1v) is 6.14. The summed E-state index contributed by atoms with van der Waals surface area (Å²) in [6.45, 7) is 10.5. The summed E-state index contributed by atoms with van der Waals surface area (Å²) in [5, 5.41) is 3.50. The van der Waals surface area contributed by atoms with E-state index in [1.165, 1.54) is 16.7 Å². The minimum atomic E-state index is 0.372. The molecule has 1 aliphatic heterocycles. The molecule has 1 aromatic rings. The Bertz CT molecular complexity index is 385. The molecular formula is C14H21NO. The van der Waals surface area contributed by atoms with Crippen molar-refractivity contribution in [1.29, 1.82) is 0 Å². The van der Waals surface area contributed by atoms with E-state index in [0.717, 1.165) is 18.9 Å². The van der Waals surface area contributed by atoms with Gasteiger partial charge in [-0.15, -0.1) is 0 Å². The number of rotatable bonds is 3. The SMILES string of the molecule is CCNC1COc2c(C)ccc(C(C)C)c21. The van der Waals surface area contributed by atoms with Gasteiger partial charge in [-0.3, -0.25) is 0 Å². The number of hydrogen-bond acceptors (Lipinski definition) is 2. The fraction of sp³-hybridized carbons (Fsp3) is 0.571. The molecule has 0 amide bonds. The summed E-state index contributed by atoms with van der Waals surface area (Å²) in [6.07, 6.45) is 0. The highest BCUT2D eigenvalue weighted by molar-refractivity contribution is 5.51. The standard InChI is InChI=1S/C14H21NO/c1-5-15-12-8-16-14-10(4)6-7-11(9(2)3)13(12)14/h6-7,9,12,15H,5,8H2,1-4H3. The van der Waals surface area contributed by atoms with E-state index in [0.29, 0.717) is 12.0 Å². The third kappa shape index (κ3) is 1.82. The molecule has 2 nitrogen and oxygen atoms in total. The van der Waals surface area contributed by atoms with E-state index in [2.05, 4.69) is 45.1 Å². The van der Waals surface area contributed by atoms with Crippen molar-refractivity contribution in [2.24, 2.45) is 0 Å². The molecule has 1 heterocycles. The highest BCUT2D eigenvalue weighted by Crippen LogP contribution is 2.40. The summed E-state index contributed by atoms with van der Waals surface area (Å²) < 4.78 is 5.82. The van der Waals surface area contributed by atoms with Gasteiger partial charge < -0.3 is 10.1 Å². The molecule has 0 aliphatic carbocycles. The van der Waals surface area contributed by atoms with Gasteiger partial charge in [-0.1, -0.05) is 32.9 Å². The van der Waals surface area contributed by atoms with Crippen molar-refractivity contribution in [2.45, 2.75) is 39.7 Å². The first kappa shape index (κ1) is 11.5. The van der Waals surface area contributed by atoms with Crippen molar-refractivity contribution >= 4 is 0 Å². The molecule has 1 unspecified atom stereocenters. The molecule has 88 valence electrons. The van der Waals surface area contributed by atoms with Crippen LogP contribution in [-0.2, 0) is 0 Å². The van der Waals surface area contributed by atoms with Crippen LogP contribution in [-0.4, -0.2) is 13.2 Å². The number of benzene rings is 1. The zero-order chi connectivity index (χ0) is 11.7. The van der Waals surface area contributed by atoms with Crippen molar-refractivity contribution in [1.82, 2.24) is 5.32 Å². The number of hydrogen-bond donors (Lipinski definition) is 1. The van der Waals surface area contributed by atoms with E-state index in [1.54, 1.807) is 0 Å². The average molecular weight is 219 g/mol. The number of aryl methyl sites for hydroxylation is 1. The Morgan fingerprint density at radius 1 is 1.44 bits per heavy atom. The van der Waals surface area contributed by atoms with Crippen molar-refractivity contribution in [3.63, 3.8) is 0 Å². The topological polar surface area (TPSA) is 21.3 Å². The maximum Gasteiger partial charge on any atom is 0.127 e. The van der Waals surface area contributed by atoms with Crippen LogP contribution in [0.1, 0.15) is 49.4 Å². The van der Waals surface area contributed by atoms with Gasteiger partial charge in [-0.05, 0) is 30.5 Å². The van der Waals surface area contributed by atoms with Gasteiger partial charge in [0.1, 0.15) is 12.4 Å². The van der Waals surface area contributed by atoms with Gasteiger partial charge in [0.25, 0.3) is 0 Å². The Labute approximate surface area is 98.0 Å². The number of likely N-dealkylation sites (N-methyl/N-ethyl adjacent to an activating group) is 1. The average Bonchev–Trinajstić information content (AvgIpc) is 2.64. The van der Waals surface area contributed by atoms with Crippen LogP contribution in [0.3, 0.4) is 0 Å². The second kappa shape index (κ2) is 4.46. The van der Waals surface area contributed by atoms with Crippen LogP contribution < -0.4 is 10.1 Å². The molecule has 2 rings (SSSR count). The van der Waals surface area contributed by atoms with Crippen LogP contribution in [0.15, 0.2) is 12.1 Å². The lowest BCUT2D eigenvalue weighted by Gasteiger charge is -2.17. The third-order valence-electron chi connectivity index (χ3n) is 3.24. The molecule has 0 saturated heterocycles. The van der Waals surface area contributed by atoms with Crippen molar-refractivity contribution in [2.75, 3.05) is 13.2 Å². The molecule has 16 heavy (non-hydrogen) atoms. The minimum Gasteiger partial charge on any atom is -0.491 e. The summed E-state index contributed by atoms with van der Waals surface area (Å²) in [6, 6.07) is 4.79. The molecule has 1 aliphatic rings. The first-order valence-electron chi connectivity index (χ1n) is 6.14. The van der Waals surface area contributed by atoms with Crippen LogP contribution in [0.4, 0.5) is 0 Å². The Morgan fingerprint density at radius 2 is 2.19 bits per heavy atom. The lowest BCUT2D eigenvalue weighted by atomic mass is 9.92. The highest BCUT2D eigenvalue weighted by Gasteiger charge is 2.28. The first-order chi connectivity index (χ1) is 7.65. The van der Waals surface area contributed by atoms with Crippen LogP contribution in [0.2, 0.25) is 0 Å². The molecular weight excluding hydrogens is 198 g/mol. The Balaban J connectivity index is 2.47. The quantitative estimate of drug-likeness (QED) is 0.843. The lowest BCUT2D eigenvalue weighted by Crippen LogP contribution is -2.22. The molecule has 1 N–H and O–H groups in total. The van der Waals surface area contributed by atoms with E-state index in [4.69, 9.17) is 4.74 Å². The summed E-state index contributed by atoms with van der Waals surface area (Å²) in [4.78, 5) is 0. The monoisotopic (exact) mass is 219 g/mol. The summed E-state index contributed by atoms with van der Waals surface area (Å²) in [5.74, 6) is 1.66. The zero-order valence-electron chi connectivity index (χ0n) is 10.6. The van der Waals surface area contributed by atoms with Gasteiger partial charge in [0.15, 0.2) is 0 Å². The van der Waals surface area contributed by atoms with Crippen molar-refractivity contribution in [3.8, 4) is 5.75 Å². The van der Waals surface area contributed by atoms with Gasteiger partial charge >= 0.3 is 0 Å².